The lowest BCUT2D eigenvalue weighted by atomic mass is 10.1. The van der Waals surface area contributed by atoms with Crippen LogP contribution in [0, 0.1) is 0 Å². The third-order valence-corrected chi connectivity index (χ3v) is 4.58. The summed E-state index contributed by atoms with van der Waals surface area (Å²) >= 11 is 0. The summed E-state index contributed by atoms with van der Waals surface area (Å²) in [5, 5.41) is 5.44. The van der Waals surface area contributed by atoms with Gasteiger partial charge in [0.15, 0.2) is 0 Å². The fraction of sp³-hybridized carbons (Fsp3) is 0.579. The number of nitrogens with zero attached hydrogens (tertiary/aromatic N) is 3. The van der Waals surface area contributed by atoms with Gasteiger partial charge in [0.05, 0.1) is 11.9 Å². The minimum atomic E-state index is -0.499. The van der Waals surface area contributed by atoms with Gasteiger partial charge in [-0.05, 0) is 39.3 Å². The highest BCUT2D eigenvalue weighted by atomic mass is 16.6. The van der Waals surface area contributed by atoms with Gasteiger partial charge in [-0.1, -0.05) is 0 Å². The standard InChI is InChI=1S/C19H27N5O4/c1-19(2,3)28-18(27)24-10-8-23(9-11-24)15-6-4-13(12-20-15)21-14-5-7-16(25)22-17(14)26/h4,6,12,14,21H,5,7-11H2,1-3H3,(H,22,25,26)/t14-/m0/s1. The maximum absolute atomic E-state index is 12.1. The van der Waals surface area contributed by atoms with Crippen molar-refractivity contribution < 1.29 is 19.1 Å². The summed E-state index contributed by atoms with van der Waals surface area (Å²) in [6.07, 6.45) is 2.19. The van der Waals surface area contributed by atoms with Crippen molar-refractivity contribution in [2.45, 2.75) is 45.3 Å². The van der Waals surface area contributed by atoms with Crippen molar-refractivity contribution in [1.29, 1.82) is 0 Å². The van der Waals surface area contributed by atoms with Crippen LogP contribution in [-0.2, 0) is 14.3 Å². The molecule has 3 heterocycles. The van der Waals surface area contributed by atoms with Gasteiger partial charge in [-0.3, -0.25) is 14.9 Å². The summed E-state index contributed by atoms with van der Waals surface area (Å²) in [7, 11) is 0. The molecule has 0 spiro atoms. The average molecular weight is 389 g/mol. The molecule has 2 aliphatic rings. The van der Waals surface area contributed by atoms with E-state index in [0.717, 1.165) is 11.5 Å². The molecule has 1 aromatic rings. The molecule has 0 aliphatic carbocycles. The van der Waals surface area contributed by atoms with Crippen LogP contribution in [-0.4, -0.2) is 65.6 Å². The van der Waals surface area contributed by atoms with Crippen LogP contribution in [0.4, 0.5) is 16.3 Å². The van der Waals surface area contributed by atoms with Crippen molar-refractivity contribution in [3.8, 4) is 0 Å². The van der Waals surface area contributed by atoms with E-state index < -0.39 is 11.6 Å². The molecular weight excluding hydrogens is 362 g/mol. The number of piperidine rings is 1. The third-order valence-electron chi connectivity index (χ3n) is 4.58. The highest BCUT2D eigenvalue weighted by Crippen LogP contribution is 2.19. The SMILES string of the molecule is CC(C)(C)OC(=O)N1CCN(c2ccc(N[C@H]3CCC(=O)NC3=O)cn2)CC1. The Balaban J connectivity index is 1.51. The fourth-order valence-electron chi connectivity index (χ4n) is 3.14. The van der Waals surface area contributed by atoms with Gasteiger partial charge in [0.1, 0.15) is 17.5 Å². The predicted octanol–water partition coefficient (Wildman–Crippen LogP) is 1.36. The smallest absolute Gasteiger partial charge is 0.410 e. The van der Waals surface area contributed by atoms with E-state index in [-0.39, 0.29) is 17.9 Å². The first-order valence-corrected chi connectivity index (χ1v) is 9.50. The molecule has 0 unspecified atom stereocenters. The van der Waals surface area contributed by atoms with Crippen molar-refractivity contribution in [1.82, 2.24) is 15.2 Å². The van der Waals surface area contributed by atoms with E-state index >= 15 is 0 Å². The molecule has 28 heavy (non-hydrogen) atoms. The molecule has 2 fully saturated rings. The van der Waals surface area contributed by atoms with Crippen molar-refractivity contribution in [3.63, 3.8) is 0 Å². The minimum absolute atomic E-state index is 0.234. The van der Waals surface area contributed by atoms with Crippen molar-refractivity contribution in [2.24, 2.45) is 0 Å². The molecule has 2 N–H and O–H groups in total. The first-order chi connectivity index (χ1) is 13.2. The molecular formula is C19H27N5O4. The number of aromatic nitrogens is 1. The second-order valence-electron chi connectivity index (χ2n) is 8.01. The normalized spacial score (nSPS) is 20.6. The van der Waals surface area contributed by atoms with Crippen LogP contribution >= 0.6 is 0 Å². The van der Waals surface area contributed by atoms with Crippen molar-refractivity contribution in [2.75, 3.05) is 36.4 Å². The molecule has 1 aromatic heterocycles. The van der Waals surface area contributed by atoms with E-state index in [1.54, 1.807) is 11.1 Å². The Hall–Kier alpha value is -2.84. The molecule has 3 amide bonds. The van der Waals surface area contributed by atoms with Crippen LogP contribution in [0.5, 0.6) is 0 Å². The van der Waals surface area contributed by atoms with Crippen LogP contribution in [0.1, 0.15) is 33.6 Å². The Morgan fingerprint density at radius 1 is 1.21 bits per heavy atom. The van der Waals surface area contributed by atoms with Gasteiger partial charge in [-0.25, -0.2) is 9.78 Å². The zero-order chi connectivity index (χ0) is 20.3. The monoisotopic (exact) mass is 389 g/mol. The van der Waals surface area contributed by atoms with Crippen LogP contribution in [0.2, 0.25) is 0 Å². The van der Waals surface area contributed by atoms with Gasteiger partial charge in [-0.15, -0.1) is 0 Å². The number of piperazine rings is 1. The highest BCUT2D eigenvalue weighted by Gasteiger charge is 2.27. The van der Waals surface area contributed by atoms with Gasteiger partial charge >= 0.3 is 6.09 Å². The number of hydrogen-bond acceptors (Lipinski definition) is 7. The quantitative estimate of drug-likeness (QED) is 0.752. The van der Waals surface area contributed by atoms with Crippen molar-refractivity contribution >= 4 is 29.4 Å². The Bertz CT molecular complexity index is 736. The number of carbonyl (C=O) groups is 3. The Kier molecular flexibility index (Phi) is 5.71. The number of amides is 3. The molecule has 0 saturated carbocycles. The van der Waals surface area contributed by atoms with E-state index in [2.05, 4.69) is 20.5 Å². The summed E-state index contributed by atoms with van der Waals surface area (Å²) in [5.74, 6) is 0.276. The fourth-order valence-corrected chi connectivity index (χ4v) is 3.14. The highest BCUT2D eigenvalue weighted by molar-refractivity contribution is 6.01. The van der Waals surface area contributed by atoms with E-state index in [9.17, 15) is 14.4 Å². The molecule has 0 radical (unpaired) electrons. The number of rotatable bonds is 3. The summed E-state index contributed by atoms with van der Waals surface area (Å²) in [6, 6.07) is 3.33. The van der Waals surface area contributed by atoms with E-state index in [1.165, 1.54) is 0 Å². The molecule has 0 bridgehead atoms. The van der Waals surface area contributed by atoms with Crippen LogP contribution in [0.15, 0.2) is 18.3 Å². The molecule has 152 valence electrons. The molecule has 2 aliphatic heterocycles. The third kappa shape index (κ3) is 5.11. The zero-order valence-corrected chi connectivity index (χ0v) is 16.5. The van der Waals surface area contributed by atoms with Crippen LogP contribution in [0.25, 0.3) is 0 Å². The molecule has 9 heteroatoms. The Labute approximate surface area is 164 Å². The molecule has 2 saturated heterocycles. The van der Waals surface area contributed by atoms with Gasteiger partial charge < -0.3 is 19.9 Å². The maximum Gasteiger partial charge on any atom is 0.410 e. The van der Waals surface area contributed by atoms with E-state index in [1.807, 2.05) is 32.9 Å². The Morgan fingerprint density at radius 2 is 1.93 bits per heavy atom. The molecule has 0 aromatic carbocycles. The number of carbonyl (C=O) groups excluding carboxylic acids is 3. The zero-order valence-electron chi connectivity index (χ0n) is 16.5. The summed E-state index contributed by atoms with van der Waals surface area (Å²) in [5.41, 5.74) is 0.229. The van der Waals surface area contributed by atoms with E-state index in [4.69, 9.17) is 4.74 Å². The summed E-state index contributed by atoms with van der Waals surface area (Å²) in [6.45, 7) is 8.07. The number of anilines is 2. The first kappa shape index (κ1) is 19.9. The molecule has 1 atom stereocenters. The van der Waals surface area contributed by atoms with Gasteiger partial charge in [0, 0.05) is 32.6 Å². The lowest BCUT2D eigenvalue weighted by Gasteiger charge is -2.36. The van der Waals surface area contributed by atoms with Crippen LogP contribution in [0.3, 0.4) is 0 Å². The lowest BCUT2D eigenvalue weighted by molar-refractivity contribution is -0.133. The van der Waals surface area contributed by atoms with Gasteiger partial charge in [0.2, 0.25) is 11.8 Å². The molecule has 3 rings (SSSR count). The Morgan fingerprint density at radius 3 is 2.50 bits per heavy atom. The lowest BCUT2D eigenvalue weighted by Crippen LogP contribution is -2.50. The van der Waals surface area contributed by atoms with Gasteiger partial charge in [-0.2, -0.15) is 0 Å². The maximum atomic E-state index is 12.1. The van der Waals surface area contributed by atoms with Gasteiger partial charge in [0.25, 0.3) is 0 Å². The largest absolute Gasteiger partial charge is 0.444 e. The number of nitrogens with one attached hydrogen (secondary N) is 2. The molecule has 9 nitrogen and oxygen atoms in total. The predicted molar refractivity (Wildman–Crippen MR) is 104 cm³/mol. The number of hydrogen-bond donors (Lipinski definition) is 2. The number of imide groups is 1. The minimum Gasteiger partial charge on any atom is -0.444 e. The summed E-state index contributed by atoms with van der Waals surface area (Å²) < 4.78 is 5.41. The van der Waals surface area contributed by atoms with Crippen LogP contribution < -0.4 is 15.5 Å². The summed E-state index contributed by atoms with van der Waals surface area (Å²) in [4.78, 5) is 43.5. The van der Waals surface area contributed by atoms with E-state index in [0.29, 0.717) is 39.0 Å². The topological polar surface area (TPSA) is 104 Å². The second-order valence-corrected chi connectivity index (χ2v) is 8.01. The number of ether oxygens (including phenoxy) is 1. The number of pyridine rings is 1. The van der Waals surface area contributed by atoms with Crippen molar-refractivity contribution in [3.05, 3.63) is 18.3 Å². The first-order valence-electron chi connectivity index (χ1n) is 9.50. The second kappa shape index (κ2) is 8.04. The average Bonchev–Trinajstić information content (AvgIpc) is 2.63.